The zero-order valence-electron chi connectivity index (χ0n) is 11.8. The summed E-state index contributed by atoms with van der Waals surface area (Å²) in [6.07, 6.45) is 0. The number of hydrogen-bond donors (Lipinski definition) is 0. The van der Waals surface area contributed by atoms with Crippen molar-refractivity contribution in [2.45, 2.75) is 0 Å². The van der Waals surface area contributed by atoms with Gasteiger partial charge in [0.25, 0.3) is 0 Å². The van der Waals surface area contributed by atoms with Gasteiger partial charge in [0.1, 0.15) is 0 Å². The zero-order chi connectivity index (χ0) is 13.7. The second kappa shape index (κ2) is 3.58. The summed E-state index contributed by atoms with van der Waals surface area (Å²) < 4.78 is 16.0. The van der Waals surface area contributed by atoms with Gasteiger partial charge in [-0.2, -0.15) is 0 Å². The summed E-state index contributed by atoms with van der Waals surface area (Å²) in [5, 5.41) is 6.44. The van der Waals surface area contributed by atoms with Gasteiger partial charge in [0, 0.05) is 0 Å². The Labute approximate surface area is 108 Å². The SMILES string of the molecule is [2H]c1ccc2ccc3cc4ccccc4cc3c2c1[2H]. The fourth-order valence-corrected chi connectivity index (χ4v) is 2.55. The van der Waals surface area contributed by atoms with Crippen LogP contribution in [0.15, 0.2) is 72.7 Å². The van der Waals surface area contributed by atoms with Gasteiger partial charge in [0.05, 0.1) is 2.74 Å². The molecule has 4 aromatic carbocycles. The molecule has 0 heteroatoms. The minimum absolute atomic E-state index is 0.276. The average molecular weight is 230 g/mol. The summed E-state index contributed by atoms with van der Waals surface area (Å²) in [6.45, 7) is 0. The molecule has 0 unspecified atom stereocenters. The van der Waals surface area contributed by atoms with Crippen LogP contribution in [0.4, 0.5) is 0 Å². The van der Waals surface area contributed by atoms with Crippen LogP contribution in [0, 0.1) is 0 Å². The van der Waals surface area contributed by atoms with Gasteiger partial charge in [-0.25, -0.2) is 0 Å². The van der Waals surface area contributed by atoms with Crippen molar-refractivity contribution in [3.8, 4) is 0 Å². The maximum Gasteiger partial charge on any atom is 0.0629 e. The van der Waals surface area contributed by atoms with Gasteiger partial charge in [0.15, 0.2) is 0 Å². The molecule has 0 spiro atoms. The lowest BCUT2D eigenvalue weighted by atomic mass is 9.98. The van der Waals surface area contributed by atoms with Gasteiger partial charge in [0.2, 0.25) is 0 Å². The summed E-state index contributed by atoms with van der Waals surface area (Å²) >= 11 is 0. The summed E-state index contributed by atoms with van der Waals surface area (Å²) in [5.41, 5.74) is 0. The third kappa shape index (κ3) is 1.32. The van der Waals surface area contributed by atoms with Gasteiger partial charge in [-0.15, -0.1) is 0 Å². The van der Waals surface area contributed by atoms with E-state index in [2.05, 4.69) is 30.3 Å². The highest BCUT2D eigenvalue weighted by Gasteiger charge is 2.01. The van der Waals surface area contributed by atoms with Gasteiger partial charge >= 0.3 is 0 Å². The quantitative estimate of drug-likeness (QED) is 0.289. The van der Waals surface area contributed by atoms with Crippen molar-refractivity contribution < 1.29 is 2.74 Å². The Balaban J connectivity index is 2.28. The Morgan fingerprint density at radius 3 is 2.22 bits per heavy atom. The minimum atomic E-state index is 0.276. The summed E-state index contributed by atoms with van der Waals surface area (Å²) in [7, 11) is 0. The first-order valence-electron chi connectivity index (χ1n) is 7.05. The molecule has 0 aromatic heterocycles. The molecule has 0 amide bonds. The summed E-state index contributed by atoms with van der Waals surface area (Å²) in [5.74, 6) is 0. The largest absolute Gasteiger partial charge is 0.0629 e. The Bertz CT molecular complexity index is 971. The van der Waals surface area contributed by atoms with E-state index in [-0.39, 0.29) is 6.04 Å². The van der Waals surface area contributed by atoms with Crippen molar-refractivity contribution in [1.82, 2.24) is 0 Å². The van der Waals surface area contributed by atoms with E-state index >= 15 is 0 Å². The maximum atomic E-state index is 8.19. The van der Waals surface area contributed by atoms with E-state index in [4.69, 9.17) is 2.74 Å². The fourth-order valence-electron chi connectivity index (χ4n) is 2.55. The predicted molar refractivity (Wildman–Crippen MR) is 79.0 cm³/mol. The van der Waals surface area contributed by atoms with E-state index in [1.54, 1.807) is 6.07 Å². The molecule has 0 heterocycles. The van der Waals surface area contributed by atoms with Crippen LogP contribution in [0.2, 0.25) is 0 Å². The first kappa shape index (κ1) is 7.88. The van der Waals surface area contributed by atoms with E-state index in [1.807, 2.05) is 24.3 Å². The first-order valence-corrected chi connectivity index (χ1v) is 6.05. The topological polar surface area (TPSA) is 0 Å². The first-order chi connectivity index (χ1) is 9.74. The normalized spacial score (nSPS) is 12.9. The molecule has 18 heavy (non-hydrogen) atoms. The van der Waals surface area contributed by atoms with Crippen LogP contribution < -0.4 is 0 Å². The predicted octanol–water partition coefficient (Wildman–Crippen LogP) is 5.15. The van der Waals surface area contributed by atoms with Crippen LogP contribution in [0.25, 0.3) is 32.3 Å². The third-order valence-electron chi connectivity index (χ3n) is 3.46. The lowest BCUT2D eigenvalue weighted by Gasteiger charge is -2.06. The minimum Gasteiger partial charge on any atom is -0.0616 e. The Hall–Kier alpha value is -2.34. The highest BCUT2D eigenvalue weighted by atomic mass is 14.1. The van der Waals surface area contributed by atoms with Crippen LogP contribution in [0.3, 0.4) is 0 Å². The van der Waals surface area contributed by atoms with E-state index < -0.39 is 0 Å². The summed E-state index contributed by atoms with van der Waals surface area (Å²) in [6, 6.07) is 20.8. The maximum absolute atomic E-state index is 8.19. The van der Waals surface area contributed by atoms with E-state index in [0.29, 0.717) is 6.04 Å². The molecule has 0 N–H and O–H groups in total. The van der Waals surface area contributed by atoms with Crippen LogP contribution in [-0.2, 0) is 0 Å². The molecule has 0 bridgehead atoms. The molecule has 0 saturated heterocycles. The van der Waals surface area contributed by atoms with Crippen molar-refractivity contribution in [3.63, 3.8) is 0 Å². The molecule has 0 atom stereocenters. The molecule has 0 aliphatic rings. The van der Waals surface area contributed by atoms with Crippen LogP contribution in [0.5, 0.6) is 0 Å². The smallest absolute Gasteiger partial charge is 0.0616 e. The Morgan fingerprint density at radius 2 is 1.33 bits per heavy atom. The molecule has 0 fully saturated rings. The molecule has 4 aromatic rings. The van der Waals surface area contributed by atoms with Gasteiger partial charge in [-0.1, -0.05) is 60.6 Å². The van der Waals surface area contributed by atoms with E-state index in [9.17, 15) is 0 Å². The summed E-state index contributed by atoms with van der Waals surface area (Å²) in [4.78, 5) is 0. The lowest BCUT2D eigenvalue weighted by Crippen LogP contribution is -1.79. The highest BCUT2D eigenvalue weighted by Crippen LogP contribution is 2.29. The average Bonchev–Trinajstić information content (AvgIpc) is 2.48. The van der Waals surface area contributed by atoms with Crippen molar-refractivity contribution in [1.29, 1.82) is 0 Å². The van der Waals surface area contributed by atoms with Crippen LogP contribution >= 0.6 is 0 Å². The molecule has 0 nitrogen and oxygen atoms in total. The standard InChI is InChI=1S/C18H12/c1-2-7-15-12-18-16(11-14(15)6-1)10-9-13-5-3-4-8-17(13)18/h1-12H/i4D,8D. The van der Waals surface area contributed by atoms with Gasteiger partial charge in [-0.05, 0) is 44.5 Å². The number of hydrogen-bond acceptors (Lipinski definition) is 0. The number of benzene rings is 4. The van der Waals surface area contributed by atoms with E-state index in [1.165, 1.54) is 10.8 Å². The molecular weight excluding hydrogens is 216 g/mol. The lowest BCUT2D eigenvalue weighted by molar-refractivity contribution is 1.77. The zero-order valence-corrected chi connectivity index (χ0v) is 9.77. The molecule has 0 aliphatic heterocycles. The van der Waals surface area contributed by atoms with Crippen molar-refractivity contribution >= 4 is 32.3 Å². The Morgan fingerprint density at radius 1 is 0.611 bits per heavy atom. The molecule has 0 aliphatic carbocycles. The number of rotatable bonds is 0. The van der Waals surface area contributed by atoms with Gasteiger partial charge < -0.3 is 0 Å². The molecule has 84 valence electrons. The second-order valence-electron chi connectivity index (χ2n) is 4.55. The van der Waals surface area contributed by atoms with Crippen molar-refractivity contribution in [2.75, 3.05) is 0 Å². The van der Waals surface area contributed by atoms with Crippen LogP contribution in [0.1, 0.15) is 2.74 Å². The van der Waals surface area contributed by atoms with Crippen molar-refractivity contribution in [3.05, 3.63) is 72.7 Å². The van der Waals surface area contributed by atoms with E-state index in [0.717, 1.165) is 21.5 Å². The van der Waals surface area contributed by atoms with Gasteiger partial charge in [-0.3, -0.25) is 0 Å². The molecule has 0 saturated carbocycles. The molecule has 4 rings (SSSR count). The fraction of sp³-hybridized carbons (Fsp3) is 0. The Kier molecular flexibility index (Phi) is 1.57. The highest BCUT2D eigenvalue weighted by molar-refractivity contribution is 6.11. The van der Waals surface area contributed by atoms with Crippen molar-refractivity contribution in [2.24, 2.45) is 0 Å². The second-order valence-corrected chi connectivity index (χ2v) is 4.55. The monoisotopic (exact) mass is 230 g/mol. The third-order valence-corrected chi connectivity index (χ3v) is 3.46. The number of fused-ring (bicyclic) bond motifs is 4. The molecule has 0 radical (unpaired) electrons. The van der Waals surface area contributed by atoms with Crippen LogP contribution in [-0.4, -0.2) is 0 Å². The molecular formula is C18H12.